The molecule has 4 heteroatoms. The van der Waals surface area contributed by atoms with Gasteiger partial charge in [-0.2, -0.15) is 0 Å². The van der Waals surface area contributed by atoms with Crippen LogP contribution >= 0.6 is 11.3 Å². The van der Waals surface area contributed by atoms with Crippen molar-refractivity contribution in [1.29, 1.82) is 0 Å². The predicted octanol–water partition coefficient (Wildman–Crippen LogP) is 22.4. The molecule has 0 radical (unpaired) electrons. The highest BCUT2D eigenvalue weighted by atomic mass is 32.1. The molecule has 13 rings (SSSR count). The molecule has 0 fully saturated rings. The van der Waals surface area contributed by atoms with Crippen LogP contribution in [0.25, 0.3) is 53.2 Å². The molecule has 402 valence electrons. The van der Waals surface area contributed by atoms with Crippen molar-refractivity contribution in [3.05, 3.63) is 263 Å². The van der Waals surface area contributed by atoms with Crippen LogP contribution in [-0.4, -0.2) is 0 Å². The summed E-state index contributed by atoms with van der Waals surface area (Å²) in [6.45, 7) is 27.5. The maximum Gasteiger partial charge on any atom is 0.145 e. The summed E-state index contributed by atoms with van der Waals surface area (Å²) in [6, 6.07) is 82.7. The lowest BCUT2D eigenvalue weighted by Crippen LogP contribution is -2.29. The Morgan fingerprint density at radius 2 is 0.728 bits per heavy atom. The molecule has 0 N–H and O–H groups in total. The van der Waals surface area contributed by atoms with Crippen LogP contribution in [-0.2, 0) is 27.1 Å². The SMILES string of the molecule is CC(C)(C)c1ccc(N(c2ccc(C(C)(C)C)cc2)c2cc3c(c4c2sc2ccccc24)-c2c(cc(N(c4ccc(C(C)(C)C)cc4)c4ccc(C(C)(C)C)cc4)c4c2oc2ccccc24)C3(c2ccccc2)c2ccccc2)cc1. The van der Waals surface area contributed by atoms with E-state index >= 15 is 0 Å². The van der Waals surface area contributed by atoms with Gasteiger partial charge in [-0.3, -0.25) is 0 Å². The fourth-order valence-electron chi connectivity index (χ4n) is 12.8. The molecule has 0 aliphatic heterocycles. The van der Waals surface area contributed by atoms with Gasteiger partial charge in [-0.1, -0.05) is 229 Å². The Morgan fingerprint density at radius 1 is 0.358 bits per heavy atom. The smallest absolute Gasteiger partial charge is 0.145 e. The van der Waals surface area contributed by atoms with Gasteiger partial charge < -0.3 is 14.2 Å². The monoisotopic (exact) mass is 1070 g/mol. The normalized spacial score (nSPS) is 13.5. The number of rotatable bonds is 8. The molecular weight excluding hydrogens is 1000 g/mol. The van der Waals surface area contributed by atoms with E-state index in [9.17, 15) is 0 Å². The van der Waals surface area contributed by atoms with Gasteiger partial charge in [0.25, 0.3) is 0 Å². The summed E-state index contributed by atoms with van der Waals surface area (Å²) in [5.41, 5.74) is 19.7. The molecule has 0 unspecified atom stereocenters. The Labute approximate surface area is 483 Å². The molecule has 12 aromatic rings. The van der Waals surface area contributed by atoms with E-state index < -0.39 is 5.41 Å². The highest BCUT2D eigenvalue weighted by Gasteiger charge is 2.50. The van der Waals surface area contributed by atoms with E-state index in [-0.39, 0.29) is 21.7 Å². The standard InChI is InChI=1S/C77H72N2OS/c1-73(2,3)49-31-39-55(40-32-49)78(56-41-33-50(34-42-56)74(4,5)6)63-47-62-70(71-67(63)59-27-19-21-29-65(59)80-71)69-61(77(62,53-23-15-13-16-24-53)54-25-17-14-18-26-54)48-64(72-68(69)60-28-20-22-30-66(60)81-72)79(57-43-35-51(36-44-57)75(7,8)9)58-45-37-52(38-46-58)76(10,11)12/h13-48H,1-12H3. The molecule has 0 atom stereocenters. The number of nitrogens with zero attached hydrogens (tertiary/aromatic N) is 2. The molecule has 0 saturated carbocycles. The second-order valence-electron chi connectivity index (χ2n) is 26.6. The van der Waals surface area contributed by atoms with Crippen LogP contribution in [0.3, 0.4) is 0 Å². The number of benzene rings is 10. The molecule has 0 saturated heterocycles. The van der Waals surface area contributed by atoms with E-state index in [1.165, 1.54) is 70.2 Å². The lowest BCUT2D eigenvalue weighted by molar-refractivity contribution is 0.590. The molecule has 3 nitrogen and oxygen atoms in total. The topological polar surface area (TPSA) is 19.6 Å². The number of anilines is 6. The minimum atomic E-state index is -0.837. The van der Waals surface area contributed by atoms with Gasteiger partial charge in [-0.15, -0.1) is 11.3 Å². The average Bonchev–Trinajstić information content (AvgIpc) is 2.21. The number of hydrogen-bond acceptors (Lipinski definition) is 4. The minimum Gasteiger partial charge on any atom is -0.455 e. The van der Waals surface area contributed by atoms with Crippen molar-refractivity contribution < 1.29 is 4.42 Å². The van der Waals surface area contributed by atoms with Gasteiger partial charge in [0.1, 0.15) is 11.2 Å². The Kier molecular flexibility index (Phi) is 12.2. The highest BCUT2D eigenvalue weighted by molar-refractivity contribution is 7.26. The summed E-state index contributed by atoms with van der Waals surface area (Å²) >= 11 is 1.89. The first-order valence-electron chi connectivity index (χ1n) is 28.8. The molecule has 1 aliphatic rings. The average molecular weight is 1070 g/mol. The number of hydrogen-bond donors (Lipinski definition) is 0. The van der Waals surface area contributed by atoms with Crippen LogP contribution in [0.15, 0.2) is 223 Å². The lowest BCUT2D eigenvalue weighted by Gasteiger charge is -2.36. The third-order valence-electron chi connectivity index (χ3n) is 17.2. The van der Waals surface area contributed by atoms with Gasteiger partial charge in [-0.25, -0.2) is 0 Å². The largest absolute Gasteiger partial charge is 0.455 e. The van der Waals surface area contributed by atoms with Crippen molar-refractivity contribution in [1.82, 2.24) is 0 Å². The van der Waals surface area contributed by atoms with E-state index in [0.717, 1.165) is 61.6 Å². The predicted molar refractivity (Wildman–Crippen MR) is 348 cm³/mol. The molecular formula is C77H72N2OS. The maximum atomic E-state index is 7.60. The lowest BCUT2D eigenvalue weighted by atomic mass is 9.67. The molecule has 2 aromatic heterocycles. The zero-order valence-electron chi connectivity index (χ0n) is 49.0. The van der Waals surface area contributed by atoms with Gasteiger partial charge in [0, 0.05) is 49.2 Å². The summed E-state index contributed by atoms with van der Waals surface area (Å²) in [7, 11) is 0. The third kappa shape index (κ3) is 8.60. The third-order valence-corrected chi connectivity index (χ3v) is 18.4. The second-order valence-corrected chi connectivity index (χ2v) is 27.6. The minimum absolute atomic E-state index is 0.0110. The number of thiophene rings is 1. The van der Waals surface area contributed by atoms with Crippen molar-refractivity contribution in [3.63, 3.8) is 0 Å². The van der Waals surface area contributed by atoms with Crippen molar-refractivity contribution >= 4 is 87.6 Å². The van der Waals surface area contributed by atoms with Crippen LogP contribution in [0.1, 0.15) is 128 Å². The van der Waals surface area contributed by atoms with Crippen molar-refractivity contribution in [2.24, 2.45) is 0 Å². The summed E-state index contributed by atoms with van der Waals surface area (Å²) < 4.78 is 10.1. The van der Waals surface area contributed by atoms with Crippen LogP contribution in [0.2, 0.25) is 0 Å². The molecule has 0 amide bonds. The summed E-state index contributed by atoms with van der Waals surface area (Å²) in [5, 5.41) is 4.64. The van der Waals surface area contributed by atoms with Crippen molar-refractivity contribution in [3.8, 4) is 11.1 Å². The Bertz CT molecular complexity index is 4170. The van der Waals surface area contributed by atoms with Crippen molar-refractivity contribution in [2.45, 2.75) is 110 Å². The Hall–Kier alpha value is -8.18. The zero-order chi connectivity index (χ0) is 56.4. The van der Waals surface area contributed by atoms with Gasteiger partial charge in [0.15, 0.2) is 0 Å². The van der Waals surface area contributed by atoms with Crippen molar-refractivity contribution in [2.75, 3.05) is 9.80 Å². The molecule has 81 heavy (non-hydrogen) atoms. The first-order chi connectivity index (χ1) is 38.7. The van der Waals surface area contributed by atoms with Crippen LogP contribution in [0.4, 0.5) is 34.1 Å². The van der Waals surface area contributed by atoms with Crippen LogP contribution in [0, 0.1) is 0 Å². The highest BCUT2D eigenvalue weighted by Crippen LogP contribution is 2.65. The Morgan fingerprint density at radius 3 is 1.17 bits per heavy atom. The van der Waals surface area contributed by atoms with Crippen LogP contribution in [0.5, 0.6) is 0 Å². The fourth-order valence-corrected chi connectivity index (χ4v) is 14.0. The second kappa shape index (κ2) is 19.0. The molecule has 0 spiro atoms. The van der Waals surface area contributed by atoms with E-state index in [1.54, 1.807) is 0 Å². The van der Waals surface area contributed by atoms with E-state index in [2.05, 4.69) is 311 Å². The molecule has 10 aromatic carbocycles. The molecule has 2 heterocycles. The first-order valence-corrected chi connectivity index (χ1v) is 29.6. The molecule has 0 bridgehead atoms. The van der Waals surface area contributed by atoms with Gasteiger partial charge in [0.05, 0.1) is 26.9 Å². The maximum absolute atomic E-state index is 7.60. The number of furan rings is 1. The Balaban J connectivity index is 1.22. The van der Waals surface area contributed by atoms with E-state index in [4.69, 9.17) is 4.42 Å². The van der Waals surface area contributed by atoms with Gasteiger partial charge in [-0.05, 0) is 145 Å². The summed E-state index contributed by atoms with van der Waals surface area (Å²) in [6.07, 6.45) is 0. The van der Waals surface area contributed by atoms with E-state index in [0.29, 0.717) is 0 Å². The fraction of sp³-hybridized carbons (Fsp3) is 0.221. The van der Waals surface area contributed by atoms with E-state index in [1.807, 2.05) is 11.3 Å². The first kappa shape index (κ1) is 52.2. The number of para-hydroxylation sites is 1. The van der Waals surface area contributed by atoms with Crippen LogP contribution < -0.4 is 9.80 Å². The van der Waals surface area contributed by atoms with Gasteiger partial charge in [0.2, 0.25) is 0 Å². The number of fused-ring (bicyclic) bond motifs is 11. The zero-order valence-corrected chi connectivity index (χ0v) is 49.8. The quantitative estimate of drug-likeness (QED) is 0.151. The summed E-state index contributed by atoms with van der Waals surface area (Å²) in [5.74, 6) is 0. The summed E-state index contributed by atoms with van der Waals surface area (Å²) in [4.78, 5) is 5.03. The molecule has 1 aliphatic carbocycles. The van der Waals surface area contributed by atoms with Gasteiger partial charge >= 0.3 is 0 Å².